The van der Waals surface area contributed by atoms with Gasteiger partial charge in [0.1, 0.15) is 6.10 Å². The minimum atomic E-state index is -0.525. The van der Waals surface area contributed by atoms with Gasteiger partial charge >= 0.3 is 11.9 Å². The summed E-state index contributed by atoms with van der Waals surface area (Å²) in [6.07, 6.45) is 0.873. The molecule has 1 saturated heterocycles. The maximum atomic E-state index is 10.6. The van der Waals surface area contributed by atoms with Crippen LogP contribution in [0.15, 0.2) is 11.6 Å². The first kappa shape index (κ1) is 7.78. The lowest BCUT2D eigenvalue weighted by Gasteiger charge is -2.24. The van der Waals surface area contributed by atoms with E-state index in [1.54, 1.807) is 6.92 Å². The summed E-state index contributed by atoms with van der Waals surface area (Å²) in [4.78, 5) is 21.2. The molecule has 1 aliphatic rings. The van der Waals surface area contributed by atoms with Gasteiger partial charge in [-0.3, -0.25) is 0 Å². The van der Waals surface area contributed by atoms with Gasteiger partial charge in [-0.05, 0) is 6.92 Å². The Morgan fingerprint density at radius 3 is 2.73 bits per heavy atom. The molecule has 1 unspecified atom stereocenters. The van der Waals surface area contributed by atoms with Crippen LogP contribution in [0.1, 0.15) is 6.92 Å². The van der Waals surface area contributed by atoms with Gasteiger partial charge < -0.3 is 9.47 Å². The third-order valence-corrected chi connectivity index (χ3v) is 1.43. The highest BCUT2D eigenvalue weighted by Gasteiger charge is 2.32. The van der Waals surface area contributed by atoms with Gasteiger partial charge in [-0.2, -0.15) is 0 Å². The molecule has 4 heteroatoms. The molecule has 11 heavy (non-hydrogen) atoms. The molecule has 1 aliphatic heterocycles. The van der Waals surface area contributed by atoms with Gasteiger partial charge in [-0.25, -0.2) is 9.59 Å². The minimum Gasteiger partial charge on any atom is -0.466 e. The number of esters is 2. The quantitative estimate of drug-likeness (QED) is 0.397. The number of methoxy groups -OCH3 is 1. The molecule has 0 bridgehead atoms. The lowest BCUT2D eigenvalue weighted by molar-refractivity contribution is -0.155. The summed E-state index contributed by atoms with van der Waals surface area (Å²) in [5.74, 6) is -0.966. The lowest BCUT2D eigenvalue weighted by Crippen LogP contribution is -2.34. The standard InChI is InChI=1S/C7H8O4/c1-4-5(7(9)11-4)3-6(8)10-2/h3-4H,1-2H3/b5-3-. The fourth-order valence-corrected chi connectivity index (χ4v) is 0.762. The summed E-state index contributed by atoms with van der Waals surface area (Å²) in [7, 11) is 1.26. The number of hydrogen-bond acceptors (Lipinski definition) is 4. The van der Waals surface area contributed by atoms with E-state index in [2.05, 4.69) is 9.47 Å². The molecule has 1 rings (SSSR count). The maximum Gasteiger partial charge on any atom is 0.338 e. The zero-order valence-electron chi connectivity index (χ0n) is 6.29. The first-order valence-corrected chi connectivity index (χ1v) is 3.15. The molecule has 0 radical (unpaired) electrons. The SMILES string of the molecule is COC(=O)/C=C1\C(=O)OC1C. The fraction of sp³-hybridized carbons (Fsp3) is 0.429. The molecule has 0 aromatic rings. The van der Waals surface area contributed by atoms with Crippen LogP contribution in [0.4, 0.5) is 0 Å². The highest BCUT2D eigenvalue weighted by molar-refractivity contribution is 6.01. The normalized spacial score (nSPS) is 25.8. The van der Waals surface area contributed by atoms with E-state index in [1.807, 2.05) is 0 Å². The molecule has 4 nitrogen and oxygen atoms in total. The van der Waals surface area contributed by atoms with Crippen LogP contribution in [0.5, 0.6) is 0 Å². The van der Waals surface area contributed by atoms with E-state index < -0.39 is 11.9 Å². The number of cyclic esters (lactones) is 1. The van der Waals surface area contributed by atoms with E-state index in [4.69, 9.17) is 0 Å². The van der Waals surface area contributed by atoms with Crippen LogP contribution >= 0.6 is 0 Å². The van der Waals surface area contributed by atoms with Crippen molar-refractivity contribution < 1.29 is 19.1 Å². The van der Waals surface area contributed by atoms with Gasteiger partial charge in [0.15, 0.2) is 0 Å². The molecule has 0 saturated carbocycles. The smallest absolute Gasteiger partial charge is 0.338 e. The van der Waals surface area contributed by atoms with E-state index in [1.165, 1.54) is 7.11 Å². The van der Waals surface area contributed by atoms with Crippen LogP contribution in [0, 0.1) is 0 Å². The molecule has 1 fully saturated rings. The van der Waals surface area contributed by atoms with Gasteiger partial charge in [0.05, 0.1) is 12.7 Å². The number of carbonyl (C=O) groups is 2. The first-order chi connectivity index (χ1) is 5.15. The first-order valence-electron chi connectivity index (χ1n) is 3.15. The molecule has 1 atom stereocenters. The van der Waals surface area contributed by atoms with Crippen LogP contribution in [0.3, 0.4) is 0 Å². The predicted molar refractivity (Wildman–Crippen MR) is 35.7 cm³/mol. The second kappa shape index (κ2) is 2.74. The molecule has 1 heterocycles. The Hall–Kier alpha value is -1.32. The van der Waals surface area contributed by atoms with Crippen molar-refractivity contribution in [3.05, 3.63) is 11.6 Å². The van der Waals surface area contributed by atoms with E-state index in [0.29, 0.717) is 5.57 Å². The van der Waals surface area contributed by atoms with Gasteiger partial charge in [0, 0.05) is 6.08 Å². The summed E-state index contributed by atoms with van der Waals surface area (Å²) in [6, 6.07) is 0. The predicted octanol–water partition coefficient (Wildman–Crippen LogP) is 0.0311. The van der Waals surface area contributed by atoms with Crippen LogP contribution in [0.2, 0.25) is 0 Å². The Morgan fingerprint density at radius 2 is 2.36 bits per heavy atom. The third-order valence-electron chi connectivity index (χ3n) is 1.43. The zero-order chi connectivity index (χ0) is 8.43. The third kappa shape index (κ3) is 1.39. The number of rotatable bonds is 1. The van der Waals surface area contributed by atoms with Crippen molar-refractivity contribution in [2.75, 3.05) is 7.11 Å². The van der Waals surface area contributed by atoms with E-state index in [-0.39, 0.29) is 6.10 Å². The topological polar surface area (TPSA) is 52.6 Å². The molecule has 0 spiro atoms. The van der Waals surface area contributed by atoms with Crippen molar-refractivity contribution >= 4 is 11.9 Å². The second-order valence-electron chi connectivity index (χ2n) is 2.17. The van der Waals surface area contributed by atoms with Crippen LogP contribution in [-0.4, -0.2) is 25.2 Å². The molecule has 60 valence electrons. The number of ether oxygens (including phenoxy) is 2. The zero-order valence-corrected chi connectivity index (χ0v) is 6.29. The van der Waals surface area contributed by atoms with Crippen molar-refractivity contribution in [3.63, 3.8) is 0 Å². The van der Waals surface area contributed by atoms with Crippen LogP contribution in [0.25, 0.3) is 0 Å². The summed E-state index contributed by atoms with van der Waals surface area (Å²) >= 11 is 0. The van der Waals surface area contributed by atoms with Crippen LogP contribution in [-0.2, 0) is 19.1 Å². The summed E-state index contributed by atoms with van der Waals surface area (Å²) < 4.78 is 8.91. The summed E-state index contributed by atoms with van der Waals surface area (Å²) in [5, 5.41) is 0. The molecular weight excluding hydrogens is 148 g/mol. The summed E-state index contributed by atoms with van der Waals surface area (Å²) in [5.41, 5.74) is 0.372. The van der Waals surface area contributed by atoms with E-state index >= 15 is 0 Å². The van der Waals surface area contributed by atoms with Crippen molar-refractivity contribution in [3.8, 4) is 0 Å². The van der Waals surface area contributed by atoms with Crippen LogP contribution < -0.4 is 0 Å². The van der Waals surface area contributed by atoms with E-state index in [0.717, 1.165) is 6.08 Å². The Balaban J connectivity index is 2.65. The Bertz CT molecular complexity index is 229. The Morgan fingerprint density at radius 1 is 1.73 bits per heavy atom. The highest BCUT2D eigenvalue weighted by Crippen LogP contribution is 2.20. The average Bonchev–Trinajstić information content (AvgIpc) is 2.00. The Labute approximate surface area is 63.8 Å². The highest BCUT2D eigenvalue weighted by atomic mass is 16.6. The van der Waals surface area contributed by atoms with Crippen molar-refractivity contribution in [1.82, 2.24) is 0 Å². The van der Waals surface area contributed by atoms with Gasteiger partial charge in [-0.1, -0.05) is 0 Å². The molecular formula is C7H8O4. The molecule has 0 amide bonds. The van der Waals surface area contributed by atoms with E-state index in [9.17, 15) is 9.59 Å². The minimum absolute atomic E-state index is 0.276. The molecule has 0 N–H and O–H groups in total. The lowest BCUT2D eigenvalue weighted by atomic mass is 10.1. The summed E-state index contributed by atoms with van der Waals surface area (Å²) in [6.45, 7) is 1.69. The van der Waals surface area contributed by atoms with Gasteiger partial charge in [-0.15, -0.1) is 0 Å². The number of carbonyl (C=O) groups excluding carboxylic acids is 2. The van der Waals surface area contributed by atoms with Gasteiger partial charge in [0.2, 0.25) is 0 Å². The fourth-order valence-electron chi connectivity index (χ4n) is 0.762. The Kier molecular flexibility index (Phi) is 1.94. The maximum absolute atomic E-state index is 10.6. The molecule has 0 aromatic carbocycles. The molecule has 0 aliphatic carbocycles. The average molecular weight is 156 g/mol. The van der Waals surface area contributed by atoms with Gasteiger partial charge in [0.25, 0.3) is 0 Å². The van der Waals surface area contributed by atoms with Crippen molar-refractivity contribution in [2.45, 2.75) is 13.0 Å². The van der Waals surface area contributed by atoms with Crippen molar-refractivity contribution in [1.29, 1.82) is 0 Å². The second-order valence-corrected chi connectivity index (χ2v) is 2.17. The monoisotopic (exact) mass is 156 g/mol. The molecule has 0 aromatic heterocycles. The largest absolute Gasteiger partial charge is 0.466 e. The van der Waals surface area contributed by atoms with Crippen molar-refractivity contribution in [2.24, 2.45) is 0 Å². The number of hydrogen-bond donors (Lipinski definition) is 0.